The van der Waals surface area contributed by atoms with E-state index in [1.54, 1.807) is 23.9 Å². The van der Waals surface area contributed by atoms with E-state index >= 15 is 0 Å². The number of hydrogen-bond acceptors (Lipinski definition) is 6. The van der Waals surface area contributed by atoms with Gasteiger partial charge in [0.1, 0.15) is 10.9 Å². The molecule has 0 saturated carbocycles. The Morgan fingerprint density at radius 2 is 1.80 bits per heavy atom. The average Bonchev–Trinajstić information content (AvgIpc) is 3.09. The van der Waals surface area contributed by atoms with Crippen molar-refractivity contribution in [2.75, 3.05) is 0 Å². The van der Waals surface area contributed by atoms with E-state index in [4.69, 9.17) is 16.0 Å². The Morgan fingerprint density at radius 1 is 1.00 bits per heavy atom. The van der Waals surface area contributed by atoms with Gasteiger partial charge in [-0.15, -0.1) is 10.2 Å². The minimum absolute atomic E-state index is 0.482. The zero-order valence-corrected chi connectivity index (χ0v) is 14.9. The van der Waals surface area contributed by atoms with Crippen molar-refractivity contribution in [2.24, 2.45) is 0 Å². The van der Waals surface area contributed by atoms with Gasteiger partial charge in [-0.05, 0) is 37.3 Å². The summed E-state index contributed by atoms with van der Waals surface area (Å²) in [5.41, 5.74) is 1.78. The maximum Gasteiger partial charge on any atom is 0.247 e. The van der Waals surface area contributed by atoms with E-state index in [0.717, 1.165) is 27.3 Å². The second-order valence-electron chi connectivity index (χ2n) is 5.39. The monoisotopic (exact) mass is 368 g/mol. The van der Waals surface area contributed by atoms with E-state index < -0.39 is 0 Å². The molecule has 0 spiro atoms. The van der Waals surface area contributed by atoms with Crippen LogP contribution in [0.5, 0.6) is 0 Å². The van der Waals surface area contributed by atoms with Crippen LogP contribution in [0, 0.1) is 6.92 Å². The van der Waals surface area contributed by atoms with E-state index in [9.17, 15) is 0 Å². The lowest BCUT2D eigenvalue weighted by atomic mass is 10.2. The van der Waals surface area contributed by atoms with Crippen LogP contribution in [0.15, 0.2) is 58.0 Å². The summed E-state index contributed by atoms with van der Waals surface area (Å²) in [7, 11) is 0. The van der Waals surface area contributed by atoms with E-state index in [-0.39, 0.29) is 0 Å². The maximum absolute atomic E-state index is 5.90. The van der Waals surface area contributed by atoms with Gasteiger partial charge in [0.25, 0.3) is 0 Å². The van der Waals surface area contributed by atoms with Gasteiger partial charge in [-0.25, -0.2) is 9.97 Å². The molecule has 7 heteroatoms. The highest BCUT2D eigenvalue weighted by molar-refractivity contribution is 7.98. The van der Waals surface area contributed by atoms with Crippen LogP contribution < -0.4 is 0 Å². The predicted molar refractivity (Wildman–Crippen MR) is 98.6 cm³/mol. The molecule has 0 aliphatic carbocycles. The number of para-hydroxylation sites is 1. The minimum Gasteiger partial charge on any atom is -0.420 e. The van der Waals surface area contributed by atoms with Crippen molar-refractivity contribution in [1.29, 1.82) is 0 Å². The van der Waals surface area contributed by atoms with Crippen LogP contribution in [0.3, 0.4) is 0 Å². The number of fused-ring (bicyclic) bond motifs is 1. The second-order valence-corrected chi connectivity index (χ2v) is 6.79. The maximum atomic E-state index is 5.90. The average molecular weight is 369 g/mol. The van der Waals surface area contributed by atoms with Gasteiger partial charge in [0, 0.05) is 16.0 Å². The van der Waals surface area contributed by atoms with Crippen LogP contribution in [-0.4, -0.2) is 20.2 Å². The molecule has 0 aliphatic rings. The summed E-state index contributed by atoms with van der Waals surface area (Å²) in [5, 5.41) is 10.8. The highest BCUT2D eigenvalue weighted by Crippen LogP contribution is 2.28. The Morgan fingerprint density at radius 3 is 2.64 bits per heavy atom. The second kappa shape index (κ2) is 6.82. The molecule has 124 valence electrons. The summed E-state index contributed by atoms with van der Waals surface area (Å²) in [6, 6.07) is 15.3. The molecular weight excluding hydrogens is 356 g/mol. The Balaban J connectivity index is 1.55. The first kappa shape index (κ1) is 16.1. The quantitative estimate of drug-likeness (QED) is 0.375. The van der Waals surface area contributed by atoms with Crippen molar-refractivity contribution < 1.29 is 4.42 Å². The number of halogens is 1. The van der Waals surface area contributed by atoms with Crippen molar-refractivity contribution in [1.82, 2.24) is 20.2 Å². The zero-order valence-electron chi connectivity index (χ0n) is 13.3. The third-order valence-corrected chi connectivity index (χ3v) is 4.80. The molecule has 5 nitrogen and oxygen atoms in total. The number of rotatable bonds is 4. The molecule has 0 N–H and O–H groups in total. The summed E-state index contributed by atoms with van der Waals surface area (Å²) in [6.45, 7) is 1.89. The first-order valence-corrected chi connectivity index (χ1v) is 9.00. The molecular formula is C18H13ClN4OS. The molecule has 2 aromatic heterocycles. The van der Waals surface area contributed by atoms with Crippen molar-refractivity contribution in [3.05, 3.63) is 65.3 Å². The fourth-order valence-electron chi connectivity index (χ4n) is 2.42. The largest absolute Gasteiger partial charge is 0.420 e. The van der Waals surface area contributed by atoms with Gasteiger partial charge in [-0.3, -0.25) is 0 Å². The van der Waals surface area contributed by atoms with Gasteiger partial charge in [-0.1, -0.05) is 41.6 Å². The topological polar surface area (TPSA) is 64.7 Å². The molecule has 2 heterocycles. The van der Waals surface area contributed by atoms with Crippen LogP contribution in [0.1, 0.15) is 11.7 Å². The smallest absolute Gasteiger partial charge is 0.247 e. The predicted octanol–water partition coefficient (Wildman–Crippen LogP) is 4.93. The number of thioether (sulfide) groups is 1. The Labute approximate surface area is 153 Å². The van der Waals surface area contributed by atoms with Crippen LogP contribution in [-0.2, 0) is 5.75 Å². The van der Waals surface area contributed by atoms with Crippen molar-refractivity contribution in [3.63, 3.8) is 0 Å². The fourth-order valence-corrected chi connectivity index (χ4v) is 3.45. The normalized spacial score (nSPS) is 11.1. The summed E-state index contributed by atoms with van der Waals surface area (Å²) in [6.07, 6.45) is 0. The number of nitrogens with zero attached hydrogens (tertiary/aromatic N) is 4. The lowest BCUT2D eigenvalue weighted by molar-refractivity contribution is 0.528. The van der Waals surface area contributed by atoms with Crippen molar-refractivity contribution in [3.8, 4) is 11.5 Å². The molecule has 2 aromatic carbocycles. The first-order chi connectivity index (χ1) is 12.2. The first-order valence-electron chi connectivity index (χ1n) is 7.63. The zero-order chi connectivity index (χ0) is 17.2. The highest BCUT2D eigenvalue weighted by Gasteiger charge is 2.11. The minimum atomic E-state index is 0.482. The number of benzene rings is 2. The molecule has 0 amide bonds. The van der Waals surface area contributed by atoms with Gasteiger partial charge in [0.15, 0.2) is 0 Å². The van der Waals surface area contributed by atoms with E-state index in [0.29, 0.717) is 22.6 Å². The van der Waals surface area contributed by atoms with E-state index in [1.807, 2.05) is 43.3 Å². The Hall–Kier alpha value is -2.44. The van der Waals surface area contributed by atoms with Gasteiger partial charge < -0.3 is 4.42 Å². The van der Waals surface area contributed by atoms with Crippen molar-refractivity contribution >= 4 is 34.3 Å². The third-order valence-electron chi connectivity index (χ3n) is 3.57. The Bertz CT molecular complexity index is 1030. The number of hydrogen-bond donors (Lipinski definition) is 0. The fraction of sp³-hybridized carbons (Fsp3) is 0.111. The number of aromatic nitrogens is 4. The molecule has 4 aromatic rings. The van der Waals surface area contributed by atoms with Crippen LogP contribution in [0.25, 0.3) is 22.4 Å². The molecule has 0 bridgehead atoms. The highest BCUT2D eigenvalue weighted by atomic mass is 35.5. The van der Waals surface area contributed by atoms with Crippen molar-refractivity contribution in [2.45, 2.75) is 17.7 Å². The molecule has 0 aliphatic heterocycles. The molecule has 0 unspecified atom stereocenters. The van der Waals surface area contributed by atoms with E-state index in [1.165, 1.54) is 0 Å². The molecule has 0 fully saturated rings. The standard InChI is InChI=1S/C18H13ClN4OS/c1-11-20-15-5-3-2-4-14(15)18(21-11)25-10-16-22-23-17(24-16)12-6-8-13(19)9-7-12/h2-9H,10H2,1H3. The molecule has 0 saturated heterocycles. The summed E-state index contributed by atoms with van der Waals surface area (Å²) in [5.74, 6) is 2.32. The van der Waals surface area contributed by atoms with Gasteiger partial charge in [-0.2, -0.15) is 0 Å². The summed E-state index contributed by atoms with van der Waals surface area (Å²) >= 11 is 7.46. The number of aryl methyl sites for hydroxylation is 1. The van der Waals surface area contributed by atoms with Crippen LogP contribution in [0.4, 0.5) is 0 Å². The SMILES string of the molecule is Cc1nc(SCc2nnc(-c3ccc(Cl)cc3)o2)c2ccccc2n1. The molecule has 0 atom stereocenters. The van der Waals surface area contributed by atoms with Gasteiger partial charge in [0.2, 0.25) is 11.8 Å². The van der Waals surface area contributed by atoms with Crippen LogP contribution >= 0.6 is 23.4 Å². The third kappa shape index (κ3) is 3.50. The Kier molecular flexibility index (Phi) is 4.38. The van der Waals surface area contributed by atoms with Crippen LogP contribution in [0.2, 0.25) is 5.02 Å². The molecule has 25 heavy (non-hydrogen) atoms. The molecule has 4 rings (SSSR count). The lowest BCUT2D eigenvalue weighted by Gasteiger charge is -2.04. The van der Waals surface area contributed by atoms with E-state index in [2.05, 4.69) is 20.2 Å². The molecule has 0 radical (unpaired) electrons. The summed E-state index contributed by atoms with van der Waals surface area (Å²) < 4.78 is 5.74. The van der Waals surface area contributed by atoms with Gasteiger partial charge >= 0.3 is 0 Å². The summed E-state index contributed by atoms with van der Waals surface area (Å²) in [4.78, 5) is 8.99. The lowest BCUT2D eigenvalue weighted by Crippen LogP contribution is -1.93. The van der Waals surface area contributed by atoms with Gasteiger partial charge in [0.05, 0.1) is 11.3 Å².